The molecule has 0 bridgehead atoms. The van der Waals surface area contributed by atoms with E-state index < -0.39 is 48.0 Å². The number of hydrogen-bond acceptors (Lipinski definition) is 7. The fraction of sp³-hybridized carbons (Fsp3) is 0.375. The molecule has 0 heterocycles. The van der Waals surface area contributed by atoms with E-state index in [9.17, 15) is 23.6 Å². The smallest absolute Gasteiger partial charge is 0.329 e. The molecule has 2 atom stereocenters. The van der Waals surface area contributed by atoms with Gasteiger partial charge in [0.25, 0.3) is 5.91 Å². The number of ether oxygens (including phenoxy) is 3. The summed E-state index contributed by atoms with van der Waals surface area (Å²) in [6.07, 6.45) is -0.507. The fourth-order valence-electron chi connectivity index (χ4n) is 2.03. The number of hydrogen-bond donors (Lipinski definition) is 1. The molecule has 0 spiro atoms. The summed E-state index contributed by atoms with van der Waals surface area (Å²) in [4.78, 5) is 47.7. The van der Waals surface area contributed by atoms with Crippen molar-refractivity contribution in [2.45, 2.75) is 12.5 Å². The molecule has 0 saturated carbocycles. The van der Waals surface area contributed by atoms with Gasteiger partial charge < -0.3 is 19.5 Å². The number of methoxy groups -OCH3 is 3. The van der Waals surface area contributed by atoms with Gasteiger partial charge in [-0.3, -0.25) is 14.4 Å². The van der Waals surface area contributed by atoms with Gasteiger partial charge in [0.15, 0.2) is 0 Å². The molecule has 0 saturated heterocycles. The lowest BCUT2D eigenvalue weighted by Crippen LogP contribution is -2.50. The Hall–Kier alpha value is -2.97. The Kier molecular flexibility index (Phi) is 7.51. The lowest BCUT2D eigenvalue weighted by atomic mass is 9.95. The molecule has 0 radical (unpaired) electrons. The van der Waals surface area contributed by atoms with Crippen LogP contribution in [0, 0.1) is 11.7 Å². The summed E-state index contributed by atoms with van der Waals surface area (Å²) in [5.41, 5.74) is 0.0528. The molecular weight excluding hydrogens is 337 g/mol. The maximum atomic E-state index is 12.9. The highest BCUT2D eigenvalue weighted by Crippen LogP contribution is 2.15. The van der Waals surface area contributed by atoms with Gasteiger partial charge in [-0.25, -0.2) is 9.18 Å². The minimum Gasteiger partial charge on any atom is -0.469 e. The maximum absolute atomic E-state index is 12.9. The maximum Gasteiger partial charge on any atom is 0.329 e. The predicted octanol–water partition coefficient (Wildman–Crippen LogP) is 0.449. The van der Waals surface area contributed by atoms with Crippen LogP contribution in [-0.2, 0) is 28.6 Å². The van der Waals surface area contributed by atoms with Gasteiger partial charge in [0, 0.05) is 5.56 Å². The number of rotatable bonds is 7. The van der Waals surface area contributed by atoms with Crippen molar-refractivity contribution in [1.82, 2.24) is 5.32 Å². The van der Waals surface area contributed by atoms with E-state index in [1.807, 2.05) is 0 Å². The van der Waals surface area contributed by atoms with Crippen molar-refractivity contribution < 1.29 is 37.8 Å². The average molecular weight is 355 g/mol. The van der Waals surface area contributed by atoms with Crippen LogP contribution in [-0.4, -0.2) is 51.2 Å². The molecule has 136 valence electrons. The van der Waals surface area contributed by atoms with Crippen LogP contribution < -0.4 is 5.32 Å². The van der Waals surface area contributed by atoms with Gasteiger partial charge in [0.1, 0.15) is 11.9 Å². The Morgan fingerprint density at radius 3 is 2.00 bits per heavy atom. The van der Waals surface area contributed by atoms with Crippen molar-refractivity contribution in [1.29, 1.82) is 0 Å². The van der Waals surface area contributed by atoms with Gasteiger partial charge in [0.2, 0.25) is 0 Å². The van der Waals surface area contributed by atoms with E-state index in [0.29, 0.717) is 0 Å². The van der Waals surface area contributed by atoms with Crippen molar-refractivity contribution in [3.63, 3.8) is 0 Å². The zero-order valence-corrected chi connectivity index (χ0v) is 13.9. The molecule has 1 rings (SSSR count). The minimum atomic E-state index is -1.49. The number of carbonyl (C=O) groups is 4. The highest BCUT2D eigenvalue weighted by molar-refractivity contribution is 5.98. The first-order valence-electron chi connectivity index (χ1n) is 7.13. The number of nitrogens with one attached hydrogen (secondary N) is 1. The Labute approximate surface area is 143 Å². The SMILES string of the molecule is COC(=O)C[C@H](C(=O)OC)[C@@H](NC(=O)c1ccc(F)cc1)C(=O)OC. The van der Waals surface area contributed by atoms with Gasteiger partial charge >= 0.3 is 17.9 Å². The van der Waals surface area contributed by atoms with Gasteiger partial charge in [-0.15, -0.1) is 0 Å². The molecule has 0 aromatic heterocycles. The quantitative estimate of drug-likeness (QED) is 0.559. The summed E-state index contributed by atoms with van der Waals surface area (Å²) >= 11 is 0. The Morgan fingerprint density at radius 1 is 0.960 bits per heavy atom. The van der Waals surface area contributed by atoms with Gasteiger partial charge in [-0.05, 0) is 24.3 Å². The number of amides is 1. The van der Waals surface area contributed by atoms with Crippen LogP contribution >= 0.6 is 0 Å². The second-order valence-electron chi connectivity index (χ2n) is 4.89. The lowest BCUT2D eigenvalue weighted by Gasteiger charge is -2.23. The number of benzene rings is 1. The zero-order chi connectivity index (χ0) is 19.0. The highest BCUT2D eigenvalue weighted by Gasteiger charge is 2.38. The Balaban J connectivity index is 3.09. The van der Waals surface area contributed by atoms with Crippen LogP contribution in [0.15, 0.2) is 24.3 Å². The van der Waals surface area contributed by atoms with Gasteiger partial charge in [0.05, 0.1) is 33.7 Å². The van der Waals surface area contributed by atoms with Crippen molar-refractivity contribution in [2.24, 2.45) is 5.92 Å². The molecule has 0 aliphatic heterocycles. The number of esters is 3. The van der Waals surface area contributed by atoms with Crippen molar-refractivity contribution >= 4 is 23.8 Å². The summed E-state index contributed by atoms with van der Waals surface area (Å²) < 4.78 is 26.6. The Bertz CT molecular complexity index is 644. The molecule has 0 unspecified atom stereocenters. The first kappa shape index (κ1) is 20.1. The molecule has 25 heavy (non-hydrogen) atoms. The third-order valence-corrected chi connectivity index (χ3v) is 3.37. The van der Waals surface area contributed by atoms with Crippen LogP contribution in [0.1, 0.15) is 16.8 Å². The molecule has 0 aliphatic carbocycles. The van der Waals surface area contributed by atoms with E-state index in [-0.39, 0.29) is 5.56 Å². The third kappa shape index (κ3) is 5.55. The first-order valence-corrected chi connectivity index (χ1v) is 7.13. The molecule has 1 aromatic rings. The van der Waals surface area contributed by atoms with Crippen molar-refractivity contribution in [3.05, 3.63) is 35.6 Å². The molecule has 1 N–H and O–H groups in total. The van der Waals surface area contributed by atoms with E-state index in [4.69, 9.17) is 0 Å². The highest BCUT2D eigenvalue weighted by atomic mass is 19.1. The molecule has 1 amide bonds. The summed E-state index contributed by atoms with van der Waals surface area (Å²) in [5.74, 6) is -5.28. The second kappa shape index (κ2) is 9.36. The molecule has 9 heteroatoms. The van der Waals surface area contributed by atoms with Crippen LogP contribution in [0.4, 0.5) is 4.39 Å². The Morgan fingerprint density at radius 2 is 1.52 bits per heavy atom. The zero-order valence-electron chi connectivity index (χ0n) is 13.9. The molecule has 0 fully saturated rings. The lowest BCUT2D eigenvalue weighted by molar-refractivity contribution is -0.158. The summed E-state index contributed by atoms with van der Waals surface area (Å²) in [7, 11) is 3.25. The number of carbonyl (C=O) groups excluding carboxylic acids is 4. The molecule has 1 aromatic carbocycles. The molecule has 8 nitrogen and oxygen atoms in total. The standard InChI is InChI=1S/C16H18FNO7/c1-23-12(19)8-11(15(21)24-2)13(16(22)25-3)18-14(20)9-4-6-10(17)7-5-9/h4-7,11,13H,8H2,1-3H3,(H,18,20)/t11-,13+/m0/s1. The van der Waals surface area contributed by atoms with Gasteiger partial charge in [-0.2, -0.15) is 0 Å². The normalized spacial score (nSPS) is 12.5. The summed E-state index contributed by atoms with van der Waals surface area (Å²) in [6, 6.07) is 3.04. The summed E-state index contributed by atoms with van der Waals surface area (Å²) in [5, 5.41) is 2.30. The fourth-order valence-corrected chi connectivity index (χ4v) is 2.03. The van der Waals surface area contributed by atoms with E-state index in [1.54, 1.807) is 0 Å². The van der Waals surface area contributed by atoms with E-state index in [1.165, 1.54) is 12.1 Å². The van der Waals surface area contributed by atoms with Crippen LogP contribution in [0.25, 0.3) is 0 Å². The first-order chi connectivity index (χ1) is 11.8. The van der Waals surface area contributed by atoms with E-state index in [2.05, 4.69) is 19.5 Å². The average Bonchev–Trinajstić information content (AvgIpc) is 2.63. The topological polar surface area (TPSA) is 108 Å². The van der Waals surface area contributed by atoms with Crippen LogP contribution in [0.2, 0.25) is 0 Å². The van der Waals surface area contributed by atoms with Crippen molar-refractivity contribution in [2.75, 3.05) is 21.3 Å². The van der Waals surface area contributed by atoms with Crippen molar-refractivity contribution in [3.8, 4) is 0 Å². The second-order valence-corrected chi connectivity index (χ2v) is 4.89. The monoisotopic (exact) mass is 355 g/mol. The third-order valence-electron chi connectivity index (χ3n) is 3.37. The molecular formula is C16H18FNO7. The largest absolute Gasteiger partial charge is 0.469 e. The molecule has 0 aliphatic rings. The van der Waals surface area contributed by atoms with E-state index in [0.717, 1.165) is 33.5 Å². The van der Waals surface area contributed by atoms with Crippen LogP contribution in [0.3, 0.4) is 0 Å². The van der Waals surface area contributed by atoms with E-state index >= 15 is 0 Å². The summed E-state index contributed by atoms with van der Waals surface area (Å²) in [6.45, 7) is 0. The number of halogens is 1. The van der Waals surface area contributed by atoms with Gasteiger partial charge in [-0.1, -0.05) is 0 Å². The van der Waals surface area contributed by atoms with Crippen LogP contribution in [0.5, 0.6) is 0 Å². The minimum absolute atomic E-state index is 0.0528. The predicted molar refractivity (Wildman–Crippen MR) is 81.8 cm³/mol.